The third-order valence-corrected chi connectivity index (χ3v) is 4.72. The van der Waals surface area contributed by atoms with Crippen molar-refractivity contribution < 1.29 is 4.74 Å². The highest BCUT2D eigenvalue weighted by molar-refractivity contribution is 7.15. The highest BCUT2D eigenvalue weighted by Crippen LogP contribution is 2.45. The van der Waals surface area contributed by atoms with Gasteiger partial charge in [-0.3, -0.25) is 0 Å². The van der Waals surface area contributed by atoms with Crippen molar-refractivity contribution in [2.45, 2.75) is 31.7 Å². The number of nitrogens with zero attached hydrogens (tertiary/aromatic N) is 1. The van der Waals surface area contributed by atoms with Crippen LogP contribution >= 0.6 is 11.3 Å². The average Bonchev–Trinajstić information content (AvgIpc) is 3.17. The van der Waals surface area contributed by atoms with Gasteiger partial charge in [-0.1, -0.05) is 0 Å². The Morgan fingerprint density at radius 2 is 2.00 bits per heavy atom. The minimum atomic E-state index is 0.0695. The van der Waals surface area contributed by atoms with Crippen molar-refractivity contribution in [1.82, 2.24) is 4.98 Å². The van der Waals surface area contributed by atoms with Gasteiger partial charge in [0.05, 0.1) is 12.8 Å². The Labute approximate surface area is 117 Å². The van der Waals surface area contributed by atoms with E-state index in [9.17, 15) is 0 Å². The lowest BCUT2D eigenvalue weighted by Gasteiger charge is -2.02. The molecule has 0 radical (unpaired) electrons. The molecule has 3 nitrogen and oxygen atoms in total. The van der Waals surface area contributed by atoms with E-state index in [1.54, 1.807) is 18.4 Å². The van der Waals surface area contributed by atoms with Crippen molar-refractivity contribution in [3.63, 3.8) is 0 Å². The smallest absolute Gasteiger partial charge is 0.123 e. The van der Waals surface area contributed by atoms with Crippen molar-refractivity contribution in [3.05, 3.63) is 34.8 Å². The first kappa shape index (κ1) is 12.6. The Morgan fingerprint density at radius 1 is 1.32 bits per heavy atom. The van der Waals surface area contributed by atoms with E-state index in [-0.39, 0.29) is 6.04 Å². The predicted molar refractivity (Wildman–Crippen MR) is 78.7 cm³/mol. The number of benzene rings is 1. The summed E-state index contributed by atoms with van der Waals surface area (Å²) in [5.74, 6) is 1.51. The van der Waals surface area contributed by atoms with Gasteiger partial charge >= 0.3 is 0 Å². The number of methoxy groups -OCH3 is 1. The molecule has 1 saturated carbocycles. The summed E-state index contributed by atoms with van der Waals surface area (Å²) in [6.45, 7) is 2.04. The highest BCUT2D eigenvalue weighted by Gasteiger charge is 2.30. The fourth-order valence-corrected chi connectivity index (χ4v) is 3.29. The SMILES string of the molecule is COc1ccc(-c2nc(C3CC3)c(C(C)N)s2)cc1. The molecule has 1 aliphatic carbocycles. The molecule has 1 aromatic carbocycles. The number of thiazole rings is 1. The van der Waals surface area contributed by atoms with Crippen LogP contribution in [0.25, 0.3) is 10.6 Å². The number of ether oxygens (including phenoxy) is 1. The third kappa shape index (κ3) is 2.51. The number of nitrogens with two attached hydrogens (primary N) is 1. The molecule has 3 rings (SSSR count). The minimum Gasteiger partial charge on any atom is -0.497 e. The summed E-state index contributed by atoms with van der Waals surface area (Å²) in [6.07, 6.45) is 2.51. The first-order valence-electron chi connectivity index (χ1n) is 6.59. The van der Waals surface area contributed by atoms with Crippen LogP contribution in [-0.2, 0) is 0 Å². The van der Waals surface area contributed by atoms with Gasteiger partial charge in [-0.15, -0.1) is 11.3 Å². The summed E-state index contributed by atoms with van der Waals surface area (Å²) in [7, 11) is 1.68. The van der Waals surface area contributed by atoms with Crippen LogP contribution in [0.5, 0.6) is 5.75 Å². The maximum Gasteiger partial charge on any atom is 0.123 e. The second kappa shape index (κ2) is 4.94. The number of hydrogen-bond acceptors (Lipinski definition) is 4. The van der Waals surface area contributed by atoms with Crippen LogP contribution in [0.4, 0.5) is 0 Å². The maximum absolute atomic E-state index is 6.07. The second-order valence-corrected chi connectivity index (χ2v) is 6.09. The molecule has 1 unspecified atom stereocenters. The lowest BCUT2D eigenvalue weighted by molar-refractivity contribution is 0.415. The zero-order valence-corrected chi connectivity index (χ0v) is 12.0. The Kier molecular flexibility index (Phi) is 3.29. The van der Waals surface area contributed by atoms with E-state index < -0.39 is 0 Å². The van der Waals surface area contributed by atoms with E-state index in [4.69, 9.17) is 15.5 Å². The summed E-state index contributed by atoms with van der Waals surface area (Å²) in [5.41, 5.74) is 8.43. The van der Waals surface area contributed by atoms with Crippen LogP contribution in [-0.4, -0.2) is 12.1 Å². The molecule has 0 aliphatic heterocycles. The molecule has 1 fully saturated rings. The largest absolute Gasteiger partial charge is 0.497 e. The molecule has 1 heterocycles. The summed E-state index contributed by atoms with van der Waals surface area (Å²) in [5, 5.41) is 1.07. The maximum atomic E-state index is 6.07. The first-order chi connectivity index (χ1) is 9.19. The van der Waals surface area contributed by atoms with Gasteiger partial charge in [0.25, 0.3) is 0 Å². The Balaban J connectivity index is 1.97. The summed E-state index contributed by atoms with van der Waals surface area (Å²) < 4.78 is 5.18. The van der Waals surface area contributed by atoms with Crippen LogP contribution in [0.3, 0.4) is 0 Å². The average molecular weight is 274 g/mol. The molecule has 1 aromatic heterocycles. The number of hydrogen-bond donors (Lipinski definition) is 1. The van der Waals surface area contributed by atoms with E-state index in [1.165, 1.54) is 23.4 Å². The zero-order chi connectivity index (χ0) is 13.4. The van der Waals surface area contributed by atoms with E-state index in [1.807, 2.05) is 19.1 Å². The summed E-state index contributed by atoms with van der Waals surface area (Å²) in [6, 6.07) is 8.12. The molecule has 0 bridgehead atoms. The lowest BCUT2D eigenvalue weighted by Crippen LogP contribution is -2.05. The van der Waals surface area contributed by atoms with Gasteiger partial charge < -0.3 is 10.5 Å². The van der Waals surface area contributed by atoms with Crippen LogP contribution in [0, 0.1) is 0 Å². The van der Waals surface area contributed by atoms with E-state index >= 15 is 0 Å². The minimum absolute atomic E-state index is 0.0695. The van der Waals surface area contributed by atoms with Crippen LogP contribution in [0.1, 0.15) is 42.3 Å². The number of rotatable bonds is 4. The number of aromatic nitrogens is 1. The summed E-state index contributed by atoms with van der Waals surface area (Å²) >= 11 is 1.73. The fraction of sp³-hybridized carbons (Fsp3) is 0.400. The highest BCUT2D eigenvalue weighted by atomic mass is 32.1. The zero-order valence-electron chi connectivity index (χ0n) is 11.2. The van der Waals surface area contributed by atoms with E-state index in [2.05, 4.69) is 12.1 Å². The van der Waals surface area contributed by atoms with Crippen molar-refractivity contribution in [1.29, 1.82) is 0 Å². The van der Waals surface area contributed by atoms with Crippen molar-refractivity contribution >= 4 is 11.3 Å². The molecule has 1 aliphatic rings. The van der Waals surface area contributed by atoms with Gasteiger partial charge in [0.2, 0.25) is 0 Å². The third-order valence-electron chi connectivity index (χ3n) is 3.40. The topological polar surface area (TPSA) is 48.1 Å². The molecular weight excluding hydrogens is 256 g/mol. The lowest BCUT2D eigenvalue weighted by atomic mass is 10.2. The summed E-state index contributed by atoms with van der Waals surface area (Å²) in [4.78, 5) is 6.06. The van der Waals surface area contributed by atoms with Crippen LogP contribution in [0.15, 0.2) is 24.3 Å². The van der Waals surface area contributed by atoms with Gasteiger partial charge in [0.1, 0.15) is 10.8 Å². The normalized spacial score (nSPS) is 16.4. The Hall–Kier alpha value is -1.39. The van der Waals surface area contributed by atoms with Gasteiger partial charge in [0.15, 0.2) is 0 Å². The first-order valence-corrected chi connectivity index (χ1v) is 7.41. The standard InChI is InChI=1S/C15H18N2OS/c1-9(16)14-13(10-3-4-10)17-15(19-14)11-5-7-12(18-2)8-6-11/h5-10H,3-4,16H2,1-2H3. The van der Waals surface area contributed by atoms with Gasteiger partial charge in [-0.05, 0) is 44.0 Å². The molecular formula is C15H18N2OS. The monoisotopic (exact) mass is 274 g/mol. The van der Waals surface area contributed by atoms with Crippen LogP contribution in [0.2, 0.25) is 0 Å². The molecule has 0 spiro atoms. The van der Waals surface area contributed by atoms with Crippen molar-refractivity contribution in [2.75, 3.05) is 7.11 Å². The van der Waals surface area contributed by atoms with Gasteiger partial charge in [-0.25, -0.2) is 4.98 Å². The van der Waals surface area contributed by atoms with Crippen molar-refractivity contribution in [2.24, 2.45) is 5.73 Å². The van der Waals surface area contributed by atoms with Gasteiger partial charge in [0, 0.05) is 22.4 Å². The molecule has 0 saturated heterocycles. The van der Waals surface area contributed by atoms with Crippen molar-refractivity contribution in [3.8, 4) is 16.3 Å². The van der Waals surface area contributed by atoms with E-state index in [0.29, 0.717) is 5.92 Å². The molecule has 100 valence electrons. The molecule has 1 atom stereocenters. The molecule has 0 amide bonds. The second-order valence-electron chi connectivity index (χ2n) is 5.06. The molecule has 4 heteroatoms. The molecule has 19 heavy (non-hydrogen) atoms. The predicted octanol–water partition coefficient (Wildman–Crippen LogP) is 3.72. The van der Waals surface area contributed by atoms with Crippen LogP contribution < -0.4 is 10.5 Å². The van der Waals surface area contributed by atoms with Gasteiger partial charge in [-0.2, -0.15) is 0 Å². The molecule has 2 N–H and O–H groups in total. The Bertz CT molecular complexity index is 551. The fourth-order valence-electron chi connectivity index (χ4n) is 2.18. The van der Waals surface area contributed by atoms with E-state index in [0.717, 1.165) is 16.3 Å². The molecule has 2 aromatic rings. The Morgan fingerprint density at radius 3 is 2.53 bits per heavy atom. The quantitative estimate of drug-likeness (QED) is 0.924.